The lowest BCUT2D eigenvalue weighted by Crippen LogP contribution is -1.92. The molecule has 0 unspecified atom stereocenters. The molecular formula is C50H32. The Balaban J connectivity index is 1.22. The monoisotopic (exact) mass is 632 g/mol. The second kappa shape index (κ2) is 11.6. The zero-order valence-electron chi connectivity index (χ0n) is 27.5. The Morgan fingerprint density at radius 2 is 0.740 bits per heavy atom. The van der Waals surface area contributed by atoms with Crippen molar-refractivity contribution in [2.24, 2.45) is 0 Å². The predicted octanol–water partition coefficient (Wildman–Crippen LogP) is 14.1. The van der Waals surface area contributed by atoms with Crippen LogP contribution in [0.1, 0.15) is 0 Å². The van der Waals surface area contributed by atoms with Gasteiger partial charge in [0.15, 0.2) is 0 Å². The molecular weight excluding hydrogens is 601 g/mol. The van der Waals surface area contributed by atoms with E-state index in [1.54, 1.807) is 0 Å². The molecule has 0 nitrogen and oxygen atoms in total. The van der Waals surface area contributed by atoms with E-state index in [1.165, 1.54) is 98.4 Å². The first-order valence-corrected chi connectivity index (χ1v) is 17.3. The van der Waals surface area contributed by atoms with Gasteiger partial charge in [0.05, 0.1) is 0 Å². The smallest absolute Gasteiger partial charge is 0.00141 e. The summed E-state index contributed by atoms with van der Waals surface area (Å²) >= 11 is 0. The van der Waals surface area contributed by atoms with Crippen LogP contribution in [0.25, 0.3) is 98.4 Å². The predicted molar refractivity (Wildman–Crippen MR) is 216 cm³/mol. The van der Waals surface area contributed by atoms with Crippen LogP contribution in [0.2, 0.25) is 0 Å². The molecule has 0 saturated heterocycles. The zero-order chi connectivity index (χ0) is 33.0. The summed E-state index contributed by atoms with van der Waals surface area (Å²) in [5.74, 6) is 0. The molecule has 10 rings (SSSR count). The minimum Gasteiger partial charge on any atom is -0.0616 e. The molecule has 10 aromatic carbocycles. The minimum absolute atomic E-state index is 1.22. The third-order valence-corrected chi connectivity index (χ3v) is 10.4. The minimum atomic E-state index is 1.22. The van der Waals surface area contributed by atoms with Gasteiger partial charge in [0.1, 0.15) is 0 Å². The van der Waals surface area contributed by atoms with Gasteiger partial charge < -0.3 is 0 Å². The Morgan fingerprint density at radius 3 is 1.54 bits per heavy atom. The lowest BCUT2D eigenvalue weighted by molar-refractivity contribution is 1.62. The van der Waals surface area contributed by atoms with Gasteiger partial charge in [0.25, 0.3) is 0 Å². The summed E-state index contributed by atoms with van der Waals surface area (Å²) in [6, 6.07) is 71.4. The molecule has 0 amide bonds. The van der Waals surface area contributed by atoms with Gasteiger partial charge in [-0.15, -0.1) is 0 Å². The Morgan fingerprint density at radius 1 is 0.220 bits per heavy atom. The van der Waals surface area contributed by atoms with E-state index < -0.39 is 0 Å². The fourth-order valence-corrected chi connectivity index (χ4v) is 8.08. The van der Waals surface area contributed by atoms with E-state index in [0.29, 0.717) is 0 Å². The van der Waals surface area contributed by atoms with Crippen LogP contribution in [0, 0.1) is 0 Å². The van der Waals surface area contributed by atoms with Crippen molar-refractivity contribution in [3.05, 3.63) is 194 Å². The highest BCUT2D eigenvalue weighted by Crippen LogP contribution is 2.47. The lowest BCUT2D eigenvalue weighted by Gasteiger charge is -2.20. The van der Waals surface area contributed by atoms with E-state index in [9.17, 15) is 0 Å². The molecule has 0 aliphatic heterocycles. The molecule has 0 bridgehead atoms. The van der Waals surface area contributed by atoms with Crippen LogP contribution in [0.3, 0.4) is 0 Å². The van der Waals surface area contributed by atoms with Gasteiger partial charge in [-0.05, 0) is 111 Å². The summed E-state index contributed by atoms with van der Waals surface area (Å²) in [6.07, 6.45) is 0. The van der Waals surface area contributed by atoms with Crippen LogP contribution < -0.4 is 0 Å². The van der Waals surface area contributed by atoms with E-state index in [4.69, 9.17) is 0 Å². The summed E-state index contributed by atoms with van der Waals surface area (Å²) in [5, 5.41) is 12.7. The Hall–Kier alpha value is -6.50. The topological polar surface area (TPSA) is 0 Å². The van der Waals surface area contributed by atoms with Gasteiger partial charge in [0.2, 0.25) is 0 Å². The van der Waals surface area contributed by atoms with E-state index in [2.05, 4.69) is 194 Å². The average Bonchev–Trinajstić information content (AvgIpc) is 3.19. The zero-order valence-corrected chi connectivity index (χ0v) is 27.5. The molecule has 232 valence electrons. The van der Waals surface area contributed by atoms with E-state index in [1.807, 2.05) is 0 Å². The van der Waals surface area contributed by atoms with E-state index >= 15 is 0 Å². The molecule has 0 atom stereocenters. The van der Waals surface area contributed by atoms with E-state index in [-0.39, 0.29) is 0 Å². The molecule has 0 saturated carbocycles. The normalized spacial score (nSPS) is 11.6. The largest absolute Gasteiger partial charge is 0.0616 e. The number of benzene rings is 10. The average molecular weight is 633 g/mol. The van der Waals surface area contributed by atoms with Crippen molar-refractivity contribution in [2.75, 3.05) is 0 Å². The molecule has 0 fully saturated rings. The first-order valence-electron chi connectivity index (χ1n) is 17.3. The molecule has 0 heteroatoms. The Bertz CT molecular complexity index is 2900. The fraction of sp³-hybridized carbons (Fsp3) is 0. The molecule has 0 heterocycles. The van der Waals surface area contributed by atoms with Crippen LogP contribution in [0.5, 0.6) is 0 Å². The van der Waals surface area contributed by atoms with Gasteiger partial charge in [-0.25, -0.2) is 0 Å². The highest BCUT2D eigenvalue weighted by molar-refractivity contribution is 6.28. The van der Waals surface area contributed by atoms with Crippen molar-refractivity contribution in [3.8, 4) is 44.5 Å². The molecule has 0 aliphatic carbocycles. The van der Waals surface area contributed by atoms with Crippen LogP contribution in [-0.2, 0) is 0 Å². The SMILES string of the molecule is c1cc(-c2ccc3ccccc3c2)cc(-c2c3ccccc3c(-c3ccc(-c4cccc5ccccc45)cc3)c3c2ccc2ccccc23)c1. The van der Waals surface area contributed by atoms with Gasteiger partial charge in [-0.3, -0.25) is 0 Å². The highest BCUT2D eigenvalue weighted by Gasteiger charge is 2.19. The molecule has 0 aromatic heterocycles. The summed E-state index contributed by atoms with van der Waals surface area (Å²) in [7, 11) is 0. The van der Waals surface area contributed by atoms with Crippen LogP contribution in [0.4, 0.5) is 0 Å². The van der Waals surface area contributed by atoms with Crippen LogP contribution in [0.15, 0.2) is 194 Å². The van der Waals surface area contributed by atoms with Crippen LogP contribution in [-0.4, -0.2) is 0 Å². The summed E-state index contributed by atoms with van der Waals surface area (Å²) in [5.41, 5.74) is 9.95. The molecule has 0 aliphatic rings. The van der Waals surface area contributed by atoms with Gasteiger partial charge in [-0.2, -0.15) is 0 Å². The standard InChI is InChI=1S/C50H32/c1-2-14-38-31-40(28-23-33(38)11-1)39-16-9-17-41(32-39)48-45-20-7-8-21-46(45)49(50-44-19-6-4-13-35(44)29-30-47(48)50)37-26-24-36(25-27-37)43-22-10-15-34-12-3-5-18-42(34)43/h1-32H. The maximum absolute atomic E-state index is 2.37. The summed E-state index contributed by atoms with van der Waals surface area (Å²) in [6.45, 7) is 0. The second-order valence-corrected chi connectivity index (χ2v) is 13.3. The van der Waals surface area contributed by atoms with E-state index in [0.717, 1.165) is 0 Å². The maximum Gasteiger partial charge on any atom is -0.00141 e. The van der Waals surface area contributed by atoms with Crippen molar-refractivity contribution in [1.82, 2.24) is 0 Å². The fourth-order valence-electron chi connectivity index (χ4n) is 8.08. The van der Waals surface area contributed by atoms with Crippen molar-refractivity contribution in [1.29, 1.82) is 0 Å². The second-order valence-electron chi connectivity index (χ2n) is 13.3. The molecule has 0 spiro atoms. The molecule has 0 radical (unpaired) electrons. The molecule has 50 heavy (non-hydrogen) atoms. The maximum atomic E-state index is 2.37. The first-order chi connectivity index (χ1) is 24.8. The quantitative estimate of drug-likeness (QED) is 0.134. The van der Waals surface area contributed by atoms with Crippen molar-refractivity contribution in [3.63, 3.8) is 0 Å². The summed E-state index contributed by atoms with van der Waals surface area (Å²) in [4.78, 5) is 0. The number of fused-ring (bicyclic) bond motifs is 6. The molecule has 0 N–H and O–H groups in total. The van der Waals surface area contributed by atoms with Crippen molar-refractivity contribution < 1.29 is 0 Å². The van der Waals surface area contributed by atoms with Gasteiger partial charge >= 0.3 is 0 Å². The van der Waals surface area contributed by atoms with Gasteiger partial charge in [-0.1, -0.05) is 182 Å². The Labute approximate surface area is 291 Å². The lowest BCUT2D eigenvalue weighted by atomic mass is 9.83. The third kappa shape index (κ3) is 4.61. The van der Waals surface area contributed by atoms with Crippen LogP contribution >= 0.6 is 0 Å². The number of rotatable bonds is 4. The number of hydrogen-bond acceptors (Lipinski definition) is 0. The highest BCUT2D eigenvalue weighted by atomic mass is 14.2. The number of hydrogen-bond donors (Lipinski definition) is 0. The molecule has 10 aromatic rings. The first kappa shape index (κ1) is 28.5. The third-order valence-electron chi connectivity index (χ3n) is 10.4. The summed E-state index contributed by atoms with van der Waals surface area (Å²) < 4.78 is 0. The van der Waals surface area contributed by atoms with Crippen molar-refractivity contribution in [2.45, 2.75) is 0 Å². The Kier molecular flexibility index (Phi) is 6.60. The van der Waals surface area contributed by atoms with Crippen molar-refractivity contribution >= 4 is 53.9 Å². The van der Waals surface area contributed by atoms with Gasteiger partial charge in [0, 0.05) is 0 Å².